The maximum atomic E-state index is 11.6. The van der Waals surface area contributed by atoms with Crippen molar-refractivity contribution in [3.05, 3.63) is 32.3 Å². The number of aromatic amines is 1. The van der Waals surface area contributed by atoms with Gasteiger partial charge in [0, 0.05) is 25.5 Å². The number of hydrogen-bond donors (Lipinski definition) is 1. The van der Waals surface area contributed by atoms with Crippen LogP contribution in [-0.4, -0.2) is 18.1 Å². The summed E-state index contributed by atoms with van der Waals surface area (Å²) >= 11 is 6.84. The average molecular weight is 347 g/mol. The normalized spacial score (nSPS) is 10.8. The molecule has 0 atom stereocenters. The molecule has 5 heteroatoms. The summed E-state index contributed by atoms with van der Waals surface area (Å²) in [5.41, 5.74) is 2.31. The van der Waals surface area contributed by atoms with Crippen LogP contribution in [0, 0.1) is 6.92 Å². The first-order valence-electron chi connectivity index (χ1n) is 4.60. The number of carbonyl (C=O) groups is 1. The highest BCUT2D eigenvalue weighted by atomic mass is 79.9. The maximum absolute atomic E-state index is 11.6. The highest BCUT2D eigenvalue weighted by Gasteiger charge is 2.17. The number of aromatic nitrogens is 1. The maximum Gasteiger partial charge on any atom is 0.340 e. The SMILES string of the molecule is COC(=O)c1c(C)[nH]c2cc(Br)c(Br)cc12. The molecule has 0 spiro atoms. The lowest BCUT2D eigenvalue weighted by Crippen LogP contribution is -2.01. The van der Waals surface area contributed by atoms with Crippen LogP contribution in [-0.2, 0) is 4.74 Å². The van der Waals surface area contributed by atoms with E-state index in [0.29, 0.717) is 5.56 Å². The fourth-order valence-electron chi connectivity index (χ4n) is 1.69. The molecule has 0 aliphatic heterocycles. The molecule has 1 N–H and O–H groups in total. The molecule has 3 nitrogen and oxygen atoms in total. The van der Waals surface area contributed by atoms with E-state index in [0.717, 1.165) is 25.5 Å². The van der Waals surface area contributed by atoms with Gasteiger partial charge in [-0.3, -0.25) is 0 Å². The fourth-order valence-corrected chi connectivity index (χ4v) is 2.38. The van der Waals surface area contributed by atoms with Crippen LogP contribution < -0.4 is 0 Å². The van der Waals surface area contributed by atoms with Crippen LogP contribution in [0.1, 0.15) is 16.1 Å². The Kier molecular flexibility index (Phi) is 3.08. The summed E-state index contributed by atoms with van der Waals surface area (Å²) in [6.45, 7) is 1.86. The minimum Gasteiger partial charge on any atom is -0.465 e. The molecule has 0 unspecified atom stereocenters. The number of hydrogen-bond acceptors (Lipinski definition) is 2. The Hall–Kier alpha value is -0.810. The molecular weight excluding hydrogens is 338 g/mol. The van der Waals surface area contributed by atoms with Gasteiger partial charge < -0.3 is 9.72 Å². The van der Waals surface area contributed by atoms with E-state index < -0.39 is 0 Å². The first-order valence-corrected chi connectivity index (χ1v) is 6.19. The predicted octanol–water partition coefficient (Wildman–Crippen LogP) is 3.79. The van der Waals surface area contributed by atoms with Crippen molar-refractivity contribution in [3.63, 3.8) is 0 Å². The van der Waals surface area contributed by atoms with Crippen LogP contribution >= 0.6 is 31.9 Å². The van der Waals surface area contributed by atoms with E-state index in [1.165, 1.54) is 7.11 Å². The van der Waals surface area contributed by atoms with Gasteiger partial charge in [-0.2, -0.15) is 0 Å². The van der Waals surface area contributed by atoms with E-state index in [-0.39, 0.29) is 5.97 Å². The summed E-state index contributed by atoms with van der Waals surface area (Å²) in [5.74, 6) is -0.321. The standard InChI is InChI=1S/C11H9Br2NO2/c1-5-10(11(15)16-2)6-3-7(12)8(13)4-9(6)14-5/h3-4,14H,1-2H3. The number of fused-ring (bicyclic) bond motifs is 1. The zero-order valence-electron chi connectivity index (χ0n) is 8.73. The predicted molar refractivity (Wildman–Crippen MR) is 69.8 cm³/mol. The third-order valence-corrected chi connectivity index (χ3v) is 4.26. The lowest BCUT2D eigenvalue weighted by molar-refractivity contribution is 0.0602. The zero-order valence-corrected chi connectivity index (χ0v) is 11.9. The largest absolute Gasteiger partial charge is 0.465 e. The number of aryl methyl sites for hydroxylation is 1. The lowest BCUT2D eigenvalue weighted by atomic mass is 10.1. The molecule has 0 radical (unpaired) electrons. The Morgan fingerprint density at radius 1 is 1.31 bits per heavy atom. The van der Waals surface area contributed by atoms with Crippen molar-refractivity contribution < 1.29 is 9.53 Å². The first kappa shape index (κ1) is 11.7. The van der Waals surface area contributed by atoms with Crippen molar-refractivity contribution in [1.82, 2.24) is 4.98 Å². The van der Waals surface area contributed by atoms with Crippen LogP contribution in [0.3, 0.4) is 0 Å². The van der Waals surface area contributed by atoms with Gasteiger partial charge in [-0.25, -0.2) is 4.79 Å². The van der Waals surface area contributed by atoms with E-state index >= 15 is 0 Å². The number of esters is 1. The van der Waals surface area contributed by atoms with E-state index in [2.05, 4.69) is 36.8 Å². The van der Waals surface area contributed by atoms with E-state index in [9.17, 15) is 4.79 Å². The molecule has 0 saturated carbocycles. The summed E-state index contributed by atoms with van der Waals surface area (Å²) in [5, 5.41) is 0.861. The first-order chi connectivity index (χ1) is 7.54. The molecule has 1 aromatic carbocycles. The van der Waals surface area contributed by atoms with Crippen molar-refractivity contribution >= 4 is 48.7 Å². The van der Waals surface area contributed by atoms with Crippen molar-refractivity contribution in [3.8, 4) is 0 Å². The summed E-state index contributed by atoms with van der Waals surface area (Å²) in [6.07, 6.45) is 0. The minimum absolute atomic E-state index is 0.321. The van der Waals surface area contributed by atoms with Crippen LogP contribution in [0.4, 0.5) is 0 Å². The molecular formula is C11H9Br2NO2. The summed E-state index contributed by atoms with van der Waals surface area (Å²) < 4.78 is 6.62. The highest BCUT2D eigenvalue weighted by molar-refractivity contribution is 9.13. The molecule has 1 aromatic heterocycles. The number of halogens is 2. The Morgan fingerprint density at radius 3 is 2.56 bits per heavy atom. The average Bonchev–Trinajstić information content (AvgIpc) is 2.54. The molecule has 16 heavy (non-hydrogen) atoms. The highest BCUT2D eigenvalue weighted by Crippen LogP contribution is 2.31. The second-order valence-electron chi connectivity index (χ2n) is 3.43. The number of methoxy groups -OCH3 is 1. The smallest absolute Gasteiger partial charge is 0.340 e. The van der Waals surface area contributed by atoms with Crippen LogP contribution in [0.25, 0.3) is 10.9 Å². The van der Waals surface area contributed by atoms with Crippen molar-refractivity contribution in [2.45, 2.75) is 6.92 Å². The second kappa shape index (κ2) is 4.22. The van der Waals surface area contributed by atoms with Crippen molar-refractivity contribution in [2.24, 2.45) is 0 Å². The van der Waals surface area contributed by atoms with E-state index in [4.69, 9.17) is 4.74 Å². The Morgan fingerprint density at radius 2 is 1.94 bits per heavy atom. The lowest BCUT2D eigenvalue weighted by Gasteiger charge is -2.00. The van der Waals surface area contributed by atoms with Gasteiger partial charge in [0.25, 0.3) is 0 Å². The molecule has 0 amide bonds. The fraction of sp³-hybridized carbons (Fsp3) is 0.182. The van der Waals surface area contributed by atoms with Crippen molar-refractivity contribution in [2.75, 3.05) is 7.11 Å². The van der Waals surface area contributed by atoms with Gasteiger partial charge >= 0.3 is 5.97 Å². The van der Waals surface area contributed by atoms with Crippen LogP contribution in [0.2, 0.25) is 0 Å². The number of ether oxygens (including phenoxy) is 1. The number of nitrogens with one attached hydrogen (secondary N) is 1. The van der Waals surface area contributed by atoms with Gasteiger partial charge in [0.2, 0.25) is 0 Å². The molecule has 84 valence electrons. The Bertz CT molecular complexity index is 575. The van der Waals surface area contributed by atoms with Gasteiger partial charge in [-0.15, -0.1) is 0 Å². The monoisotopic (exact) mass is 345 g/mol. The Balaban J connectivity index is 2.79. The summed E-state index contributed by atoms with van der Waals surface area (Å²) in [6, 6.07) is 3.83. The molecule has 0 aliphatic carbocycles. The van der Waals surface area contributed by atoms with Gasteiger partial charge in [0.15, 0.2) is 0 Å². The third-order valence-electron chi connectivity index (χ3n) is 2.42. The van der Waals surface area contributed by atoms with E-state index in [1.807, 2.05) is 19.1 Å². The summed E-state index contributed by atoms with van der Waals surface area (Å²) in [4.78, 5) is 14.8. The molecule has 0 saturated heterocycles. The summed E-state index contributed by atoms with van der Waals surface area (Å²) in [7, 11) is 1.38. The quantitative estimate of drug-likeness (QED) is 0.798. The number of H-pyrrole nitrogens is 1. The number of rotatable bonds is 1. The van der Waals surface area contributed by atoms with Crippen LogP contribution in [0.5, 0.6) is 0 Å². The zero-order chi connectivity index (χ0) is 11.9. The molecule has 2 rings (SSSR count). The van der Waals surface area contributed by atoms with Gasteiger partial charge in [-0.05, 0) is 50.9 Å². The molecule has 1 heterocycles. The topological polar surface area (TPSA) is 42.1 Å². The molecule has 0 fully saturated rings. The second-order valence-corrected chi connectivity index (χ2v) is 5.14. The number of carbonyl (C=O) groups excluding carboxylic acids is 1. The molecule has 0 bridgehead atoms. The van der Waals surface area contributed by atoms with Gasteiger partial charge in [0.05, 0.1) is 12.7 Å². The molecule has 2 aromatic rings. The van der Waals surface area contributed by atoms with E-state index in [1.54, 1.807) is 0 Å². The Labute approximate surface area is 109 Å². The molecule has 0 aliphatic rings. The minimum atomic E-state index is -0.321. The van der Waals surface area contributed by atoms with Gasteiger partial charge in [-0.1, -0.05) is 0 Å². The van der Waals surface area contributed by atoms with Crippen molar-refractivity contribution in [1.29, 1.82) is 0 Å². The van der Waals surface area contributed by atoms with Gasteiger partial charge in [0.1, 0.15) is 0 Å². The number of benzene rings is 1. The third kappa shape index (κ3) is 1.78. The van der Waals surface area contributed by atoms with Crippen LogP contribution in [0.15, 0.2) is 21.1 Å².